The smallest absolute Gasteiger partial charge is 0.252 e. The van der Waals surface area contributed by atoms with Crippen LogP contribution in [0.25, 0.3) is 148 Å². The lowest BCUT2D eigenvalue weighted by atomic mass is 9.33. The number of aromatic nitrogens is 3. The summed E-state index contributed by atoms with van der Waals surface area (Å²) in [7, 11) is 0. The van der Waals surface area contributed by atoms with Crippen LogP contribution < -0.4 is 26.2 Å². The third kappa shape index (κ3) is 7.14. The van der Waals surface area contributed by atoms with Crippen LogP contribution in [-0.2, 0) is 0 Å². The fraction of sp³-hybridized carbons (Fsp3) is 0. The molecule has 0 amide bonds. The van der Waals surface area contributed by atoms with Gasteiger partial charge < -0.3 is 23.2 Å². The van der Waals surface area contributed by atoms with Crippen LogP contribution in [0.1, 0.15) is 0 Å². The van der Waals surface area contributed by atoms with Gasteiger partial charge in [-0.15, -0.1) is 0 Å². The molecule has 15 aromatic carbocycles. The zero-order chi connectivity index (χ0) is 62.4. The lowest BCUT2D eigenvalue weighted by molar-refractivity contribution is 1.16. The van der Waals surface area contributed by atoms with Gasteiger partial charge in [0.1, 0.15) is 0 Å². The van der Waals surface area contributed by atoms with Gasteiger partial charge in [0.25, 0.3) is 6.71 Å². The number of rotatable bonds is 7. The predicted octanol–water partition coefficient (Wildman–Crippen LogP) is 21.8. The molecule has 0 unspecified atom stereocenters. The molecule has 0 radical (unpaired) electrons. The summed E-state index contributed by atoms with van der Waals surface area (Å²) in [5.41, 5.74) is 30.4. The van der Waals surface area contributed by atoms with Crippen molar-refractivity contribution >= 4 is 155 Å². The summed E-state index contributed by atoms with van der Waals surface area (Å²) in [6.45, 7) is -0.237. The summed E-state index contributed by atoms with van der Waals surface area (Å²) in [5.74, 6) is 0. The zero-order valence-corrected chi connectivity index (χ0v) is 52.0. The van der Waals surface area contributed by atoms with Crippen LogP contribution in [0.15, 0.2) is 328 Å². The van der Waals surface area contributed by atoms with Gasteiger partial charge in [-0.2, -0.15) is 0 Å². The second kappa shape index (κ2) is 19.5. The first-order chi connectivity index (χ1) is 47.6. The van der Waals surface area contributed by atoms with Crippen molar-refractivity contribution in [1.82, 2.24) is 13.4 Å². The Morgan fingerprint density at radius 1 is 0.198 bits per heavy atom. The summed E-state index contributed by atoms with van der Waals surface area (Å²) in [5, 5.41) is 12.5. The third-order valence-electron chi connectivity index (χ3n) is 21.4. The summed E-state index contributed by atoms with van der Waals surface area (Å²) < 4.78 is 7.66. The van der Waals surface area contributed by atoms with E-state index in [0.29, 0.717) is 0 Å². The van der Waals surface area contributed by atoms with Crippen molar-refractivity contribution in [2.24, 2.45) is 0 Å². The van der Waals surface area contributed by atoms with Gasteiger partial charge in [0.2, 0.25) is 0 Å². The van der Waals surface area contributed by atoms with Gasteiger partial charge in [-0.05, 0) is 146 Å². The van der Waals surface area contributed by atoms with E-state index in [1.807, 2.05) is 0 Å². The number of para-hydroxylation sites is 6. The van der Waals surface area contributed by atoms with E-state index in [9.17, 15) is 0 Å². The van der Waals surface area contributed by atoms with E-state index in [0.717, 1.165) is 95.4 Å². The molecule has 0 atom stereocenters. The highest BCUT2D eigenvalue weighted by molar-refractivity contribution is 7.00. The van der Waals surface area contributed by atoms with E-state index in [-0.39, 0.29) is 6.71 Å². The zero-order valence-electron chi connectivity index (χ0n) is 52.0. The van der Waals surface area contributed by atoms with Crippen molar-refractivity contribution in [2.45, 2.75) is 0 Å². The van der Waals surface area contributed by atoms with Crippen molar-refractivity contribution in [3.8, 4) is 50.2 Å². The fourth-order valence-electron chi connectivity index (χ4n) is 17.4. The first kappa shape index (κ1) is 51.9. The molecule has 0 saturated carbocycles. The highest BCUT2D eigenvalue weighted by Crippen LogP contribution is 2.52. The summed E-state index contributed by atoms with van der Waals surface area (Å²) in [4.78, 5) is 5.33. The summed E-state index contributed by atoms with van der Waals surface area (Å²) >= 11 is 0. The Bertz CT molecular complexity index is 6130. The molecular formula is C90H54BN5. The number of hydrogen-bond donors (Lipinski definition) is 0. The van der Waals surface area contributed by atoms with Crippen LogP contribution in [0.5, 0.6) is 0 Å². The van der Waals surface area contributed by atoms with Gasteiger partial charge in [0.15, 0.2) is 0 Å². The summed E-state index contributed by atoms with van der Waals surface area (Å²) in [6.07, 6.45) is 0. The molecule has 0 bridgehead atoms. The van der Waals surface area contributed by atoms with Gasteiger partial charge in [0.05, 0.1) is 49.8 Å². The number of nitrogens with zero attached hydrogens (tertiary/aromatic N) is 5. The highest BCUT2D eigenvalue weighted by atomic mass is 15.2. The van der Waals surface area contributed by atoms with E-state index in [1.165, 1.54) is 103 Å². The molecule has 5 aromatic heterocycles. The van der Waals surface area contributed by atoms with Crippen molar-refractivity contribution < 1.29 is 0 Å². The molecule has 2 aliphatic rings. The SMILES string of the molecule is c1ccc(-c2cc(-c3ccccc3)cc(N3c4cc5c(cc4B4c6cc7c8cccc9c%10ccccc%10n(c7cc6N(c6cc(-c7ccccc7)cc(-c7ccccc7)c6)c6cc(-n7c%10ccccc%10c%10ccccc%107)cc3c64)c98)c3cccc4c6ccccc6n5c43)c2)cc1. The molecule has 0 spiro atoms. The Balaban J connectivity index is 0.947. The van der Waals surface area contributed by atoms with Gasteiger partial charge in [-0.1, -0.05) is 243 Å². The third-order valence-corrected chi connectivity index (χ3v) is 21.4. The molecule has 0 aliphatic carbocycles. The average Bonchev–Trinajstić information content (AvgIpc) is 1.05. The molecule has 20 aromatic rings. The number of anilines is 6. The maximum Gasteiger partial charge on any atom is 0.252 e. The minimum Gasteiger partial charge on any atom is -0.311 e. The lowest BCUT2D eigenvalue weighted by Crippen LogP contribution is -2.61. The van der Waals surface area contributed by atoms with Gasteiger partial charge >= 0.3 is 0 Å². The highest BCUT2D eigenvalue weighted by Gasteiger charge is 2.45. The molecule has 0 saturated heterocycles. The van der Waals surface area contributed by atoms with Crippen LogP contribution in [0.2, 0.25) is 0 Å². The second-order valence-corrected chi connectivity index (χ2v) is 26.3. The first-order valence-corrected chi connectivity index (χ1v) is 33.3. The van der Waals surface area contributed by atoms with Crippen molar-refractivity contribution in [2.75, 3.05) is 9.80 Å². The van der Waals surface area contributed by atoms with E-state index < -0.39 is 0 Å². The number of benzene rings is 15. The lowest BCUT2D eigenvalue weighted by Gasteiger charge is -2.45. The molecular weight excluding hydrogens is 1160 g/mol. The maximum absolute atomic E-state index is 2.66. The largest absolute Gasteiger partial charge is 0.311 e. The Hall–Kier alpha value is -12.6. The van der Waals surface area contributed by atoms with E-state index in [4.69, 9.17) is 0 Å². The van der Waals surface area contributed by atoms with Crippen molar-refractivity contribution in [3.63, 3.8) is 0 Å². The Kier molecular flexibility index (Phi) is 10.5. The van der Waals surface area contributed by atoms with Gasteiger partial charge in [-0.25, -0.2) is 0 Å². The van der Waals surface area contributed by atoms with Gasteiger partial charge in [0, 0.05) is 88.0 Å². The van der Waals surface area contributed by atoms with Crippen LogP contribution >= 0.6 is 0 Å². The van der Waals surface area contributed by atoms with Crippen LogP contribution in [0.3, 0.4) is 0 Å². The first-order valence-electron chi connectivity index (χ1n) is 33.3. The molecule has 442 valence electrons. The summed E-state index contributed by atoms with van der Waals surface area (Å²) in [6, 6.07) is 124. The predicted molar refractivity (Wildman–Crippen MR) is 406 cm³/mol. The fourth-order valence-corrected chi connectivity index (χ4v) is 17.4. The van der Waals surface area contributed by atoms with Crippen molar-refractivity contribution in [1.29, 1.82) is 0 Å². The number of hydrogen-bond acceptors (Lipinski definition) is 2. The molecule has 0 fully saturated rings. The average molecular weight is 1220 g/mol. The van der Waals surface area contributed by atoms with Crippen LogP contribution in [0, 0.1) is 0 Å². The monoisotopic (exact) mass is 1220 g/mol. The van der Waals surface area contributed by atoms with Crippen LogP contribution in [0.4, 0.5) is 34.1 Å². The van der Waals surface area contributed by atoms with E-state index in [2.05, 4.69) is 351 Å². The Morgan fingerprint density at radius 3 is 0.885 bits per heavy atom. The van der Waals surface area contributed by atoms with Gasteiger partial charge in [-0.3, -0.25) is 0 Å². The molecule has 22 rings (SSSR count). The molecule has 96 heavy (non-hydrogen) atoms. The minimum atomic E-state index is -0.237. The van der Waals surface area contributed by atoms with E-state index >= 15 is 0 Å². The molecule has 5 nitrogen and oxygen atoms in total. The Labute approximate surface area is 552 Å². The minimum absolute atomic E-state index is 0.237. The normalized spacial score (nSPS) is 12.9. The maximum atomic E-state index is 2.66. The second-order valence-electron chi connectivity index (χ2n) is 26.3. The molecule has 7 heterocycles. The topological polar surface area (TPSA) is 20.2 Å². The molecule has 2 aliphatic heterocycles. The van der Waals surface area contributed by atoms with Crippen molar-refractivity contribution in [3.05, 3.63) is 328 Å². The molecule has 6 heteroatoms. The number of fused-ring (bicyclic) bond motifs is 19. The Morgan fingerprint density at radius 2 is 0.510 bits per heavy atom. The standard InChI is InChI=1S/C90H54BN5/c1-5-23-55(24-6-1)59-43-60(56-25-7-2-8-26-56)46-63(45-59)93-84-53-82-74(72-37-21-35-70-68-33-15-19-41-80(68)95(82)89(70)72)51-76(84)91-77-52-75-73-38-22-36-71-69-34-16-20-42-81(69)96(90(71)73)83(75)54-85(77)94(64-47-61(57-27-9-3-10-28-57)44-62(48-64)58-29-11-4-12-30-58)87-50-65(49-86(93)88(87)91)92-78-39-17-13-31-66(78)67-32-14-18-40-79(67)92/h1-54H. The van der Waals surface area contributed by atoms with E-state index in [1.54, 1.807) is 0 Å². The van der Waals surface area contributed by atoms with Crippen LogP contribution in [-0.4, -0.2) is 20.1 Å². The molecule has 0 N–H and O–H groups in total. The quantitative estimate of drug-likeness (QED) is 0.148.